The van der Waals surface area contributed by atoms with Crippen LogP contribution in [0.3, 0.4) is 0 Å². The summed E-state index contributed by atoms with van der Waals surface area (Å²) in [6, 6.07) is 8.89. The van der Waals surface area contributed by atoms with E-state index in [4.69, 9.17) is 16.3 Å². The summed E-state index contributed by atoms with van der Waals surface area (Å²) in [5.74, 6) is -0.205. The Hall–Kier alpha value is -2.28. The normalized spacial score (nSPS) is 11.2. The molecule has 0 aliphatic carbocycles. The standard InChI is InChI=1S/C13H7ClF3NO3/c14-10-6-8(13(15,16)17)7-11(18(19)20)12(10)21-9-4-2-1-3-5-9/h1-7H. The van der Waals surface area contributed by atoms with Crippen LogP contribution in [0.25, 0.3) is 0 Å². The van der Waals surface area contributed by atoms with Crippen LogP contribution in [0, 0.1) is 10.1 Å². The van der Waals surface area contributed by atoms with Crippen LogP contribution in [0.4, 0.5) is 18.9 Å². The van der Waals surface area contributed by atoms with E-state index in [0.29, 0.717) is 12.1 Å². The lowest BCUT2D eigenvalue weighted by Crippen LogP contribution is -2.06. The first kappa shape index (κ1) is 15.1. The highest BCUT2D eigenvalue weighted by Gasteiger charge is 2.35. The van der Waals surface area contributed by atoms with E-state index in [0.717, 1.165) is 0 Å². The van der Waals surface area contributed by atoms with Crippen molar-refractivity contribution >= 4 is 17.3 Å². The number of ether oxygens (including phenoxy) is 1. The number of alkyl halides is 3. The van der Waals surface area contributed by atoms with Gasteiger partial charge in [-0.2, -0.15) is 13.2 Å². The van der Waals surface area contributed by atoms with E-state index in [1.165, 1.54) is 12.1 Å². The second-order valence-corrected chi connectivity index (χ2v) is 4.38. The quantitative estimate of drug-likeness (QED) is 0.587. The van der Waals surface area contributed by atoms with Crippen molar-refractivity contribution in [2.75, 3.05) is 0 Å². The smallest absolute Gasteiger partial charge is 0.416 e. The Labute approximate surface area is 121 Å². The van der Waals surface area contributed by atoms with Gasteiger partial charge in [-0.15, -0.1) is 0 Å². The van der Waals surface area contributed by atoms with Gasteiger partial charge in [0.05, 0.1) is 15.5 Å². The third-order valence-corrected chi connectivity index (χ3v) is 2.79. The Morgan fingerprint density at radius 3 is 2.29 bits per heavy atom. The maximum Gasteiger partial charge on any atom is 0.416 e. The van der Waals surface area contributed by atoms with Gasteiger partial charge in [0.15, 0.2) is 0 Å². The van der Waals surface area contributed by atoms with Crippen LogP contribution in [-0.2, 0) is 6.18 Å². The van der Waals surface area contributed by atoms with Gasteiger partial charge in [0.25, 0.3) is 0 Å². The zero-order valence-electron chi connectivity index (χ0n) is 10.2. The molecule has 4 nitrogen and oxygen atoms in total. The van der Waals surface area contributed by atoms with Crippen LogP contribution in [-0.4, -0.2) is 4.92 Å². The SMILES string of the molecule is O=[N+]([O-])c1cc(C(F)(F)F)cc(Cl)c1Oc1ccccc1. The number of para-hydroxylation sites is 1. The Morgan fingerprint density at radius 2 is 1.76 bits per heavy atom. The minimum absolute atomic E-state index is 0.224. The fourth-order valence-electron chi connectivity index (χ4n) is 1.59. The molecular weight excluding hydrogens is 311 g/mol. The van der Waals surface area contributed by atoms with Gasteiger partial charge in [-0.25, -0.2) is 0 Å². The van der Waals surface area contributed by atoms with Gasteiger partial charge < -0.3 is 4.74 Å². The molecule has 21 heavy (non-hydrogen) atoms. The predicted octanol–water partition coefficient (Wildman–Crippen LogP) is 5.06. The summed E-state index contributed by atoms with van der Waals surface area (Å²) >= 11 is 5.71. The fourth-order valence-corrected chi connectivity index (χ4v) is 1.84. The number of nitro benzene ring substituents is 1. The highest BCUT2D eigenvalue weighted by molar-refractivity contribution is 6.32. The molecule has 0 spiro atoms. The molecule has 0 atom stereocenters. The fraction of sp³-hybridized carbons (Fsp3) is 0.0769. The summed E-state index contributed by atoms with van der Waals surface area (Å²) in [6.45, 7) is 0. The van der Waals surface area contributed by atoms with E-state index < -0.39 is 33.1 Å². The molecule has 0 N–H and O–H groups in total. The number of hydrogen-bond acceptors (Lipinski definition) is 3. The topological polar surface area (TPSA) is 52.4 Å². The molecule has 0 aliphatic rings. The third-order valence-electron chi connectivity index (χ3n) is 2.51. The van der Waals surface area contributed by atoms with Crippen LogP contribution in [0.2, 0.25) is 5.02 Å². The molecule has 0 radical (unpaired) electrons. The van der Waals surface area contributed by atoms with Crippen LogP contribution in [0.15, 0.2) is 42.5 Å². The molecule has 0 saturated heterocycles. The molecule has 0 saturated carbocycles. The van der Waals surface area contributed by atoms with Crippen molar-refractivity contribution in [3.8, 4) is 11.5 Å². The summed E-state index contributed by atoms with van der Waals surface area (Å²) in [7, 11) is 0. The molecule has 110 valence electrons. The predicted molar refractivity (Wildman–Crippen MR) is 69.6 cm³/mol. The van der Waals surface area contributed by atoms with E-state index in [-0.39, 0.29) is 5.75 Å². The minimum Gasteiger partial charge on any atom is -0.449 e. The Balaban J connectivity index is 2.53. The van der Waals surface area contributed by atoms with Crippen LogP contribution >= 0.6 is 11.6 Å². The summed E-state index contributed by atoms with van der Waals surface area (Å²) in [5.41, 5.74) is -2.06. The Bertz CT molecular complexity index is 674. The van der Waals surface area contributed by atoms with Gasteiger partial charge >= 0.3 is 11.9 Å². The van der Waals surface area contributed by atoms with Gasteiger partial charge in [0, 0.05) is 6.07 Å². The monoisotopic (exact) mass is 317 g/mol. The summed E-state index contributed by atoms with van der Waals surface area (Å²) < 4.78 is 43.2. The van der Waals surface area contributed by atoms with Crippen molar-refractivity contribution < 1.29 is 22.8 Å². The zero-order chi connectivity index (χ0) is 15.6. The molecule has 0 unspecified atom stereocenters. The van der Waals surface area contributed by atoms with E-state index in [9.17, 15) is 23.3 Å². The molecule has 0 fully saturated rings. The lowest BCUT2D eigenvalue weighted by molar-refractivity contribution is -0.385. The molecule has 2 aromatic rings. The van der Waals surface area contributed by atoms with Crippen LogP contribution in [0.1, 0.15) is 5.56 Å². The van der Waals surface area contributed by atoms with Crippen molar-refractivity contribution in [3.05, 3.63) is 63.2 Å². The number of halogens is 4. The van der Waals surface area contributed by atoms with Gasteiger partial charge in [-0.05, 0) is 18.2 Å². The molecule has 0 bridgehead atoms. The molecule has 0 heterocycles. The van der Waals surface area contributed by atoms with E-state index >= 15 is 0 Å². The highest BCUT2D eigenvalue weighted by Crippen LogP contribution is 2.42. The molecule has 2 rings (SSSR count). The number of benzene rings is 2. The Kier molecular flexibility index (Phi) is 4.04. The summed E-state index contributed by atoms with van der Waals surface area (Å²) in [6.07, 6.45) is -4.74. The van der Waals surface area contributed by atoms with Crippen molar-refractivity contribution in [1.82, 2.24) is 0 Å². The van der Waals surface area contributed by atoms with E-state index in [2.05, 4.69) is 0 Å². The van der Waals surface area contributed by atoms with Gasteiger partial charge in [-0.3, -0.25) is 10.1 Å². The maximum atomic E-state index is 12.6. The largest absolute Gasteiger partial charge is 0.449 e. The lowest BCUT2D eigenvalue weighted by atomic mass is 10.2. The molecule has 0 aliphatic heterocycles. The van der Waals surface area contributed by atoms with E-state index in [1.807, 2.05) is 0 Å². The minimum atomic E-state index is -4.74. The second-order valence-electron chi connectivity index (χ2n) is 3.98. The first-order valence-electron chi connectivity index (χ1n) is 5.57. The first-order chi connectivity index (χ1) is 9.79. The van der Waals surface area contributed by atoms with Crippen molar-refractivity contribution in [1.29, 1.82) is 0 Å². The summed E-state index contributed by atoms with van der Waals surface area (Å²) in [4.78, 5) is 9.97. The second kappa shape index (κ2) is 5.61. The average Bonchev–Trinajstić information content (AvgIpc) is 2.40. The van der Waals surface area contributed by atoms with Gasteiger partial charge in [0.1, 0.15) is 5.75 Å². The molecular formula is C13H7ClF3NO3. The van der Waals surface area contributed by atoms with Crippen molar-refractivity contribution in [2.45, 2.75) is 6.18 Å². The van der Waals surface area contributed by atoms with Gasteiger partial charge in [0.2, 0.25) is 5.75 Å². The lowest BCUT2D eigenvalue weighted by Gasteiger charge is -2.11. The Morgan fingerprint density at radius 1 is 1.14 bits per heavy atom. The van der Waals surface area contributed by atoms with Crippen molar-refractivity contribution in [3.63, 3.8) is 0 Å². The maximum absolute atomic E-state index is 12.6. The number of nitro groups is 1. The van der Waals surface area contributed by atoms with E-state index in [1.54, 1.807) is 18.2 Å². The number of nitrogens with zero attached hydrogens (tertiary/aromatic N) is 1. The first-order valence-corrected chi connectivity index (χ1v) is 5.95. The van der Waals surface area contributed by atoms with Crippen molar-refractivity contribution in [2.24, 2.45) is 0 Å². The van der Waals surface area contributed by atoms with Crippen LogP contribution in [0.5, 0.6) is 11.5 Å². The third kappa shape index (κ3) is 3.43. The molecule has 8 heteroatoms. The molecule has 0 amide bonds. The summed E-state index contributed by atoms with van der Waals surface area (Å²) in [5, 5.41) is 10.5. The van der Waals surface area contributed by atoms with Gasteiger partial charge in [-0.1, -0.05) is 29.8 Å². The highest BCUT2D eigenvalue weighted by atomic mass is 35.5. The zero-order valence-corrected chi connectivity index (χ0v) is 11.0. The molecule has 2 aromatic carbocycles. The average molecular weight is 318 g/mol. The van der Waals surface area contributed by atoms with Crippen LogP contribution < -0.4 is 4.74 Å². The number of hydrogen-bond donors (Lipinski definition) is 0. The number of rotatable bonds is 3. The molecule has 0 aromatic heterocycles.